The van der Waals surface area contributed by atoms with Crippen LogP contribution in [-0.2, 0) is 4.74 Å². The van der Waals surface area contributed by atoms with Gasteiger partial charge in [0.15, 0.2) is 6.10 Å². The first-order valence-electron chi connectivity index (χ1n) is 5.39. The fourth-order valence-corrected chi connectivity index (χ4v) is 1.67. The topological polar surface area (TPSA) is 78.3 Å². The molecule has 0 aromatic heterocycles. The Morgan fingerprint density at radius 3 is 2.19 bits per heavy atom. The van der Waals surface area contributed by atoms with Crippen LogP contribution < -0.4 is 11.5 Å². The third-order valence-corrected chi connectivity index (χ3v) is 2.62. The first-order chi connectivity index (χ1) is 7.13. The van der Waals surface area contributed by atoms with Crippen LogP contribution in [0.3, 0.4) is 0 Å². The van der Waals surface area contributed by atoms with Gasteiger partial charge in [-0.1, -0.05) is 39.9 Å². The van der Waals surface area contributed by atoms with Crippen LogP contribution >= 0.6 is 12.2 Å². The maximum Gasteiger partial charge on any atom is 0.405 e. The molecule has 94 valence electrons. The molecule has 0 aliphatic heterocycles. The Hall–Kier alpha value is -0.840. The van der Waals surface area contributed by atoms with E-state index in [0.717, 1.165) is 12.8 Å². The van der Waals surface area contributed by atoms with Crippen LogP contribution in [0, 0.1) is 11.3 Å². The van der Waals surface area contributed by atoms with E-state index in [9.17, 15) is 4.79 Å². The molecule has 2 atom stereocenters. The molecule has 4 nitrogen and oxygen atoms in total. The average Bonchev–Trinajstić information content (AvgIpc) is 2.08. The maximum atomic E-state index is 10.7. The van der Waals surface area contributed by atoms with Crippen molar-refractivity contribution in [2.45, 2.75) is 46.6 Å². The van der Waals surface area contributed by atoms with Gasteiger partial charge in [-0.2, -0.15) is 0 Å². The highest BCUT2D eigenvalue weighted by Crippen LogP contribution is 2.25. The van der Waals surface area contributed by atoms with Crippen molar-refractivity contribution in [3.05, 3.63) is 0 Å². The molecule has 16 heavy (non-hydrogen) atoms. The van der Waals surface area contributed by atoms with Crippen molar-refractivity contribution >= 4 is 23.3 Å². The number of rotatable bonds is 5. The van der Waals surface area contributed by atoms with Gasteiger partial charge in [-0.25, -0.2) is 4.79 Å². The molecule has 5 heteroatoms. The second-order valence-electron chi connectivity index (χ2n) is 5.34. The van der Waals surface area contributed by atoms with Crippen LogP contribution in [-0.4, -0.2) is 17.2 Å². The van der Waals surface area contributed by atoms with Crippen molar-refractivity contribution in [2.24, 2.45) is 22.8 Å². The zero-order valence-electron chi connectivity index (χ0n) is 10.4. The van der Waals surface area contributed by atoms with Gasteiger partial charge in [0.25, 0.3) is 0 Å². The molecular formula is C11H22N2O2S. The number of hydrogen-bond acceptors (Lipinski definition) is 3. The lowest BCUT2D eigenvalue weighted by Gasteiger charge is -2.25. The number of primary amides is 1. The van der Waals surface area contributed by atoms with Crippen LogP contribution in [0.25, 0.3) is 0 Å². The summed E-state index contributed by atoms with van der Waals surface area (Å²) < 4.78 is 4.91. The van der Waals surface area contributed by atoms with Gasteiger partial charge < -0.3 is 16.2 Å². The highest BCUT2D eigenvalue weighted by molar-refractivity contribution is 7.80. The van der Waals surface area contributed by atoms with E-state index in [0.29, 0.717) is 0 Å². The molecule has 0 aromatic rings. The number of amides is 1. The molecule has 1 unspecified atom stereocenters. The van der Waals surface area contributed by atoms with Gasteiger partial charge in [0.05, 0.1) is 0 Å². The van der Waals surface area contributed by atoms with Crippen LogP contribution in [0.15, 0.2) is 0 Å². The second kappa shape index (κ2) is 6.03. The van der Waals surface area contributed by atoms with E-state index in [4.69, 9.17) is 28.4 Å². The Morgan fingerprint density at radius 2 is 1.88 bits per heavy atom. The molecule has 0 spiro atoms. The van der Waals surface area contributed by atoms with Gasteiger partial charge in [0, 0.05) is 0 Å². The van der Waals surface area contributed by atoms with Gasteiger partial charge in [0.1, 0.15) is 4.99 Å². The molecule has 0 radical (unpaired) electrons. The molecule has 1 amide bonds. The Kier molecular flexibility index (Phi) is 5.72. The Labute approximate surface area is 103 Å². The number of nitrogens with two attached hydrogens (primary N) is 2. The maximum absolute atomic E-state index is 10.7. The SMILES string of the molecule is CC(CCC(C)(C)C)[C@H](OC(N)=O)C(N)=S. The van der Waals surface area contributed by atoms with Crippen molar-refractivity contribution in [3.63, 3.8) is 0 Å². The molecule has 0 aromatic carbocycles. The predicted octanol–water partition coefficient (Wildman–Crippen LogP) is 2.20. The van der Waals surface area contributed by atoms with Gasteiger partial charge in [-0.3, -0.25) is 0 Å². The number of hydrogen-bond donors (Lipinski definition) is 2. The van der Waals surface area contributed by atoms with Crippen LogP contribution in [0.1, 0.15) is 40.5 Å². The van der Waals surface area contributed by atoms with Gasteiger partial charge in [-0.15, -0.1) is 0 Å². The minimum atomic E-state index is -0.833. The first-order valence-corrected chi connectivity index (χ1v) is 5.79. The van der Waals surface area contributed by atoms with Crippen molar-refractivity contribution in [1.29, 1.82) is 0 Å². The van der Waals surface area contributed by atoms with E-state index in [-0.39, 0.29) is 16.3 Å². The molecule has 0 fully saturated rings. The minimum Gasteiger partial charge on any atom is -0.439 e. The lowest BCUT2D eigenvalue weighted by molar-refractivity contribution is 0.106. The van der Waals surface area contributed by atoms with Crippen LogP contribution in [0.4, 0.5) is 4.79 Å². The molecule has 0 rings (SSSR count). The zero-order chi connectivity index (χ0) is 12.9. The first kappa shape index (κ1) is 15.2. The number of thiocarbonyl (C=S) groups is 1. The Morgan fingerprint density at radius 1 is 1.38 bits per heavy atom. The number of carbonyl (C=O) groups excluding carboxylic acids is 1. The monoisotopic (exact) mass is 246 g/mol. The minimum absolute atomic E-state index is 0.0872. The fraction of sp³-hybridized carbons (Fsp3) is 0.818. The summed E-state index contributed by atoms with van der Waals surface area (Å²) in [5.74, 6) is 0.0872. The van der Waals surface area contributed by atoms with E-state index >= 15 is 0 Å². The van der Waals surface area contributed by atoms with E-state index in [1.807, 2.05) is 6.92 Å². The summed E-state index contributed by atoms with van der Waals surface area (Å²) in [6.45, 7) is 8.43. The molecule has 0 heterocycles. The summed E-state index contributed by atoms with van der Waals surface area (Å²) in [5.41, 5.74) is 10.7. The predicted molar refractivity (Wildman–Crippen MR) is 69.1 cm³/mol. The van der Waals surface area contributed by atoms with Crippen LogP contribution in [0.2, 0.25) is 0 Å². The summed E-state index contributed by atoms with van der Waals surface area (Å²) in [6, 6.07) is 0. The zero-order valence-corrected chi connectivity index (χ0v) is 11.3. The molecule has 0 aliphatic rings. The third kappa shape index (κ3) is 6.61. The summed E-state index contributed by atoms with van der Waals surface area (Å²) in [5, 5.41) is 0. The summed E-state index contributed by atoms with van der Waals surface area (Å²) in [7, 11) is 0. The third-order valence-electron chi connectivity index (χ3n) is 2.39. The molecule has 0 saturated heterocycles. The van der Waals surface area contributed by atoms with E-state index < -0.39 is 12.2 Å². The molecule has 0 aliphatic carbocycles. The highest BCUT2D eigenvalue weighted by atomic mass is 32.1. The molecule has 0 saturated carbocycles. The quantitative estimate of drug-likeness (QED) is 0.729. The molecule has 4 N–H and O–H groups in total. The van der Waals surface area contributed by atoms with Crippen molar-refractivity contribution in [1.82, 2.24) is 0 Å². The summed E-state index contributed by atoms with van der Waals surface area (Å²) in [6.07, 6.45) is 0.504. The fourth-order valence-electron chi connectivity index (χ4n) is 1.39. The Bertz CT molecular complexity index is 261. The standard InChI is InChI=1S/C11H22N2O2S/c1-7(5-6-11(2,3)4)8(9(12)16)15-10(13)14/h7-8H,5-6H2,1-4H3,(H2,12,16)(H2,13,14)/t7?,8-/m0/s1. The largest absolute Gasteiger partial charge is 0.439 e. The van der Waals surface area contributed by atoms with Gasteiger partial charge in [-0.05, 0) is 24.2 Å². The number of ether oxygens (including phenoxy) is 1. The van der Waals surface area contributed by atoms with Crippen molar-refractivity contribution in [3.8, 4) is 0 Å². The van der Waals surface area contributed by atoms with E-state index in [2.05, 4.69) is 20.8 Å². The smallest absolute Gasteiger partial charge is 0.405 e. The lowest BCUT2D eigenvalue weighted by Crippen LogP contribution is -2.38. The molecule has 0 bridgehead atoms. The Balaban J connectivity index is 4.33. The summed E-state index contributed by atoms with van der Waals surface area (Å²) >= 11 is 4.86. The van der Waals surface area contributed by atoms with Gasteiger partial charge >= 0.3 is 6.09 Å². The number of carbonyl (C=O) groups is 1. The molecular weight excluding hydrogens is 224 g/mol. The second-order valence-corrected chi connectivity index (χ2v) is 5.81. The van der Waals surface area contributed by atoms with Crippen molar-refractivity contribution < 1.29 is 9.53 Å². The highest BCUT2D eigenvalue weighted by Gasteiger charge is 2.24. The van der Waals surface area contributed by atoms with Crippen LogP contribution in [0.5, 0.6) is 0 Å². The van der Waals surface area contributed by atoms with E-state index in [1.165, 1.54) is 0 Å². The van der Waals surface area contributed by atoms with E-state index in [1.54, 1.807) is 0 Å². The normalized spacial score (nSPS) is 15.2. The lowest BCUT2D eigenvalue weighted by atomic mass is 9.85. The van der Waals surface area contributed by atoms with Gasteiger partial charge in [0.2, 0.25) is 0 Å². The van der Waals surface area contributed by atoms with Crippen molar-refractivity contribution in [2.75, 3.05) is 0 Å². The summed E-state index contributed by atoms with van der Waals surface area (Å²) in [4.78, 5) is 10.9. The average molecular weight is 246 g/mol.